The molecular weight excluding hydrogens is 673 g/mol. The molecule has 0 radical (unpaired) electrons. The normalized spacial score (nSPS) is 12.1. The molecule has 6 heteroatoms. The molecule has 0 spiro atoms. The molecule has 0 heterocycles. The van der Waals surface area contributed by atoms with Gasteiger partial charge in [-0.15, -0.1) is 0 Å². The second kappa shape index (κ2) is 41.1. The minimum Gasteiger partial charge on any atom is -0.462 e. The van der Waals surface area contributed by atoms with Crippen molar-refractivity contribution in [1.29, 1.82) is 0 Å². The van der Waals surface area contributed by atoms with Gasteiger partial charge in [0.2, 0.25) is 0 Å². The minimum absolute atomic E-state index is 0.0651. The van der Waals surface area contributed by atoms with Crippen molar-refractivity contribution in [1.82, 2.24) is 0 Å². The van der Waals surface area contributed by atoms with Crippen LogP contribution in [-0.4, -0.2) is 37.2 Å². The molecule has 320 valence electrons. The Balaban J connectivity index is 4.24. The predicted molar refractivity (Wildman–Crippen MR) is 229 cm³/mol. The number of carbonyl (C=O) groups excluding carboxylic acids is 3. The van der Waals surface area contributed by atoms with E-state index in [0.717, 1.165) is 69.6 Å². The molecule has 0 unspecified atom stereocenters. The molecule has 0 saturated carbocycles. The fourth-order valence-electron chi connectivity index (χ4n) is 7.11. The Morgan fingerprint density at radius 3 is 0.907 bits per heavy atom. The van der Waals surface area contributed by atoms with Gasteiger partial charge in [0, 0.05) is 19.3 Å². The van der Waals surface area contributed by atoms with Crippen LogP contribution in [0.5, 0.6) is 0 Å². The smallest absolute Gasteiger partial charge is 0.306 e. The van der Waals surface area contributed by atoms with E-state index in [9.17, 15) is 14.4 Å². The zero-order chi connectivity index (χ0) is 39.7. The van der Waals surface area contributed by atoms with Crippen LogP contribution in [0.15, 0.2) is 0 Å². The molecule has 0 rings (SSSR count). The van der Waals surface area contributed by atoms with Gasteiger partial charge in [-0.25, -0.2) is 0 Å². The molecular formula is C48H92O6. The molecule has 0 aliphatic heterocycles. The van der Waals surface area contributed by atoms with Crippen LogP contribution in [0.25, 0.3) is 0 Å². The maximum atomic E-state index is 12.7. The van der Waals surface area contributed by atoms with Crippen molar-refractivity contribution in [2.45, 2.75) is 265 Å². The molecule has 6 nitrogen and oxygen atoms in total. The maximum absolute atomic E-state index is 12.7. The monoisotopic (exact) mass is 765 g/mol. The number of hydrogen-bond donors (Lipinski definition) is 0. The van der Waals surface area contributed by atoms with Gasteiger partial charge in [-0.1, -0.05) is 221 Å². The van der Waals surface area contributed by atoms with Gasteiger partial charge in [0.25, 0.3) is 0 Å². The summed E-state index contributed by atoms with van der Waals surface area (Å²) in [5.74, 6) is 0.748. The molecule has 0 aromatic carbocycles. The summed E-state index contributed by atoms with van der Waals surface area (Å²) >= 11 is 0. The number of rotatable bonds is 42. The van der Waals surface area contributed by atoms with Crippen LogP contribution < -0.4 is 0 Å². The van der Waals surface area contributed by atoms with Gasteiger partial charge in [-0.3, -0.25) is 14.4 Å². The number of unbranched alkanes of at least 4 members (excludes halogenated alkanes) is 27. The largest absolute Gasteiger partial charge is 0.462 e. The number of ether oxygens (including phenoxy) is 3. The lowest BCUT2D eigenvalue weighted by Crippen LogP contribution is -2.30. The van der Waals surface area contributed by atoms with Gasteiger partial charge >= 0.3 is 17.9 Å². The zero-order valence-corrected chi connectivity index (χ0v) is 36.8. The maximum Gasteiger partial charge on any atom is 0.306 e. The van der Waals surface area contributed by atoms with Crippen molar-refractivity contribution in [3.8, 4) is 0 Å². The molecule has 0 saturated heterocycles. The Morgan fingerprint density at radius 2 is 0.611 bits per heavy atom. The average Bonchev–Trinajstić information content (AvgIpc) is 3.14. The van der Waals surface area contributed by atoms with Crippen LogP contribution in [0.1, 0.15) is 259 Å². The van der Waals surface area contributed by atoms with E-state index in [1.54, 1.807) is 0 Å². The standard InChI is InChI=1S/C48H92O6/c1-6-7-8-9-10-11-19-23-30-35-40-48(51)54-45(42-53-47(50)39-34-29-25-24-27-32-37-44(4)5)41-52-46(49)38-33-28-22-20-17-15-13-12-14-16-18-21-26-31-36-43(2)3/h43-45H,6-42H2,1-5H3/t45-/m0/s1. The van der Waals surface area contributed by atoms with E-state index in [2.05, 4.69) is 34.6 Å². The van der Waals surface area contributed by atoms with Crippen LogP contribution in [0, 0.1) is 11.8 Å². The Morgan fingerprint density at radius 1 is 0.352 bits per heavy atom. The lowest BCUT2D eigenvalue weighted by atomic mass is 10.0. The molecule has 0 aliphatic rings. The lowest BCUT2D eigenvalue weighted by Gasteiger charge is -2.18. The first-order valence-corrected chi connectivity index (χ1v) is 23.7. The summed E-state index contributed by atoms with van der Waals surface area (Å²) in [5.41, 5.74) is 0. The van der Waals surface area contributed by atoms with Gasteiger partial charge < -0.3 is 14.2 Å². The van der Waals surface area contributed by atoms with E-state index in [4.69, 9.17) is 14.2 Å². The summed E-state index contributed by atoms with van der Waals surface area (Å²) < 4.78 is 16.7. The fourth-order valence-corrected chi connectivity index (χ4v) is 7.11. The Kier molecular flexibility index (Phi) is 39.8. The Bertz CT molecular complexity index is 824. The second-order valence-electron chi connectivity index (χ2n) is 17.3. The van der Waals surface area contributed by atoms with Crippen molar-refractivity contribution < 1.29 is 28.6 Å². The van der Waals surface area contributed by atoms with Gasteiger partial charge in [0.05, 0.1) is 0 Å². The molecule has 0 N–H and O–H groups in total. The van der Waals surface area contributed by atoms with Crippen LogP contribution in [0.4, 0.5) is 0 Å². The zero-order valence-electron chi connectivity index (χ0n) is 36.8. The van der Waals surface area contributed by atoms with Gasteiger partial charge in [-0.2, -0.15) is 0 Å². The van der Waals surface area contributed by atoms with E-state index in [-0.39, 0.29) is 31.1 Å². The highest BCUT2D eigenvalue weighted by molar-refractivity contribution is 5.71. The van der Waals surface area contributed by atoms with Crippen molar-refractivity contribution in [3.05, 3.63) is 0 Å². The highest BCUT2D eigenvalue weighted by Crippen LogP contribution is 2.17. The highest BCUT2D eigenvalue weighted by Gasteiger charge is 2.19. The molecule has 0 fully saturated rings. The molecule has 0 amide bonds. The first-order valence-electron chi connectivity index (χ1n) is 23.7. The number of hydrogen-bond acceptors (Lipinski definition) is 6. The van der Waals surface area contributed by atoms with Crippen LogP contribution in [-0.2, 0) is 28.6 Å². The number of carbonyl (C=O) groups is 3. The first kappa shape index (κ1) is 52.4. The predicted octanol–water partition coefficient (Wildman–Crippen LogP) is 15.0. The van der Waals surface area contributed by atoms with E-state index in [0.29, 0.717) is 19.3 Å². The lowest BCUT2D eigenvalue weighted by molar-refractivity contribution is -0.167. The molecule has 1 atom stereocenters. The fraction of sp³-hybridized carbons (Fsp3) is 0.938. The second-order valence-corrected chi connectivity index (χ2v) is 17.3. The first-order chi connectivity index (χ1) is 26.2. The summed E-state index contributed by atoms with van der Waals surface area (Å²) in [5, 5.41) is 0. The van der Waals surface area contributed by atoms with E-state index in [1.165, 1.54) is 148 Å². The van der Waals surface area contributed by atoms with Crippen LogP contribution in [0.3, 0.4) is 0 Å². The third kappa shape index (κ3) is 41.6. The van der Waals surface area contributed by atoms with E-state index in [1.807, 2.05) is 0 Å². The third-order valence-corrected chi connectivity index (χ3v) is 10.7. The molecule has 0 bridgehead atoms. The van der Waals surface area contributed by atoms with Crippen molar-refractivity contribution in [2.75, 3.05) is 13.2 Å². The SMILES string of the molecule is CCCCCCCCCCCCC(=O)O[C@@H](COC(=O)CCCCCCCCCCCCCCCCC(C)C)COC(=O)CCCCCCCCC(C)C. The summed E-state index contributed by atoms with van der Waals surface area (Å²) in [4.78, 5) is 37.7. The molecule has 0 aromatic rings. The van der Waals surface area contributed by atoms with Crippen LogP contribution in [0.2, 0.25) is 0 Å². The van der Waals surface area contributed by atoms with Crippen LogP contribution >= 0.6 is 0 Å². The third-order valence-electron chi connectivity index (χ3n) is 10.7. The summed E-state index contributed by atoms with van der Waals surface area (Å²) in [6.07, 6.45) is 39.6. The summed E-state index contributed by atoms with van der Waals surface area (Å²) in [6, 6.07) is 0. The minimum atomic E-state index is -0.760. The highest BCUT2D eigenvalue weighted by atomic mass is 16.6. The topological polar surface area (TPSA) is 78.9 Å². The molecule has 0 aromatic heterocycles. The van der Waals surface area contributed by atoms with Gasteiger partial charge in [0.1, 0.15) is 13.2 Å². The molecule has 54 heavy (non-hydrogen) atoms. The van der Waals surface area contributed by atoms with E-state index >= 15 is 0 Å². The van der Waals surface area contributed by atoms with Crippen molar-refractivity contribution in [3.63, 3.8) is 0 Å². The average molecular weight is 765 g/mol. The Hall–Kier alpha value is -1.59. The van der Waals surface area contributed by atoms with Crippen molar-refractivity contribution >= 4 is 17.9 Å². The summed E-state index contributed by atoms with van der Waals surface area (Å²) in [7, 11) is 0. The van der Waals surface area contributed by atoms with Crippen molar-refractivity contribution in [2.24, 2.45) is 11.8 Å². The van der Waals surface area contributed by atoms with E-state index < -0.39 is 6.10 Å². The number of esters is 3. The van der Waals surface area contributed by atoms with Gasteiger partial charge in [0.15, 0.2) is 6.10 Å². The quantitative estimate of drug-likeness (QED) is 0.0350. The van der Waals surface area contributed by atoms with Gasteiger partial charge in [-0.05, 0) is 31.1 Å². The summed E-state index contributed by atoms with van der Waals surface area (Å²) in [6.45, 7) is 11.3. The Labute approximate surface area is 336 Å². The molecule has 0 aliphatic carbocycles.